The summed E-state index contributed by atoms with van der Waals surface area (Å²) in [4.78, 5) is 0. The third kappa shape index (κ3) is 5.04. The second kappa shape index (κ2) is 7.89. The first-order chi connectivity index (χ1) is 8.30. The van der Waals surface area contributed by atoms with Crippen molar-refractivity contribution in [1.82, 2.24) is 0 Å². The van der Waals surface area contributed by atoms with E-state index in [2.05, 4.69) is 63.3 Å². The molecule has 1 aromatic carbocycles. The van der Waals surface area contributed by atoms with Crippen molar-refractivity contribution in [2.75, 3.05) is 0 Å². The molecule has 0 saturated carbocycles. The molecule has 0 heterocycles. The first-order valence-corrected chi connectivity index (χ1v) is 6.69. The van der Waals surface area contributed by atoms with Crippen LogP contribution in [0.15, 0.2) is 48.1 Å². The zero-order valence-electron chi connectivity index (χ0n) is 11.4. The number of aryl methyl sites for hydroxylation is 2. The Morgan fingerprint density at radius 2 is 1.71 bits per heavy atom. The average molecular weight is 228 g/mol. The summed E-state index contributed by atoms with van der Waals surface area (Å²) in [5.74, 6) is 0. The molecule has 0 amide bonds. The molecule has 17 heavy (non-hydrogen) atoms. The second-order valence-electron chi connectivity index (χ2n) is 4.36. The number of hydrogen-bond donors (Lipinski definition) is 0. The van der Waals surface area contributed by atoms with Crippen LogP contribution in [0.1, 0.15) is 44.7 Å². The Kier molecular flexibility index (Phi) is 6.39. The van der Waals surface area contributed by atoms with Crippen molar-refractivity contribution >= 4 is 0 Å². The van der Waals surface area contributed by atoms with Crippen LogP contribution >= 0.6 is 0 Å². The van der Waals surface area contributed by atoms with Crippen LogP contribution in [-0.2, 0) is 12.8 Å². The fourth-order valence-corrected chi connectivity index (χ4v) is 1.96. The highest BCUT2D eigenvalue weighted by Crippen LogP contribution is 2.12. The van der Waals surface area contributed by atoms with Crippen molar-refractivity contribution in [3.05, 3.63) is 59.2 Å². The summed E-state index contributed by atoms with van der Waals surface area (Å²) < 4.78 is 0. The van der Waals surface area contributed by atoms with E-state index in [0.29, 0.717) is 0 Å². The van der Waals surface area contributed by atoms with E-state index in [-0.39, 0.29) is 0 Å². The molecule has 0 aliphatic rings. The highest BCUT2D eigenvalue weighted by molar-refractivity contribution is 5.25. The monoisotopic (exact) mass is 228 g/mol. The van der Waals surface area contributed by atoms with Crippen molar-refractivity contribution in [3.63, 3.8) is 0 Å². The average Bonchev–Trinajstić information content (AvgIpc) is 2.37. The van der Waals surface area contributed by atoms with Crippen molar-refractivity contribution in [2.45, 2.75) is 46.5 Å². The first kappa shape index (κ1) is 13.8. The topological polar surface area (TPSA) is 0 Å². The van der Waals surface area contributed by atoms with E-state index in [1.165, 1.54) is 16.7 Å². The van der Waals surface area contributed by atoms with Crippen molar-refractivity contribution in [3.8, 4) is 0 Å². The lowest BCUT2D eigenvalue weighted by molar-refractivity contribution is 0.950. The number of rotatable bonds is 6. The molecule has 0 fully saturated rings. The van der Waals surface area contributed by atoms with Crippen LogP contribution in [-0.4, -0.2) is 0 Å². The van der Waals surface area contributed by atoms with Gasteiger partial charge in [0.2, 0.25) is 0 Å². The molecule has 0 aliphatic heterocycles. The molecule has 1 rings (SSSR count). The Bertz CT molecular complexity index is 366. The van der Waals surface area contributed by atoms with Gasteiger partial charge in [0.05, 0.1) is 0 Å². The quantitative estimate of drug-likeness (QED) is 0.595. The summed E-state index contributed by atoms with van der Waals surface area (Å²) in [6.45, 7) is 6.47. The molecule has 0 heteroatoms. The zero-order valence-corrected chi connectivity index (χ0v) is 11.4. The van der Waals surface area contributed by atoms with Crippen LogP contribution in [0, 0.1) is 0 Å². The highest BCUT2D eigenvalue weighted by Gasteiger charge is 1.96. The van der Waals surface area contributed by atoms with E-state index in [1.54, 1.807) is 0 Å². The zero-order chi connectivity index (χ0) is 12.5. The Hall–Kier alpha value is -1.30. The van der Waals surface area contributed by atoms with Gasteiger partial charge < -0.3 is 0 Å². The van der Waals surface area contributed by atoms with Gasteiger partial charge in [0, 0.05) is 0 Å². The van der Waals surface area contributed by atoms with Crippen molar-refractivity contribution in [1.29, 1.82) is 0 Å². The van der Waals surface area contributed by atoms with Crippen LogP contribution in [0.4, 0.5) is 0 Å². The van der Waals surface area contributed by atoms with Gasteiger partial charge in [-0.1, -0.05) is 61.9 Å². The van der Waals surface area contributed by atoms with Crippen LogP contribution in [0.3, 0.4) is 0 Å². The van der Waals surface area contributed by atoms with Crippen LogP contribution < -0.4 is 0 Å². The molecule has 0 aromatic heterocycles. The van der Waals surface area contributed by atoms with Crippen LogP contribution in [0.5, 0.6) is 0 Å². The lowest BCUT2D eigenvalue weighted by Crippen LogP contribution is -1.89. The Morgan fingerprint density at radius 3 is 2.24 bits per heavy atom. The molecule has 0 nitrogen and oxygen atoms in total. The summed E-state index contributed by atoms with van der Waals surface area (Å²) in [7, 11) is 0. The molecule has 0 atom stereocenters. The third-order valence-corrected chi connectivity index (χ3v) is 2.98. The van der Waals surface area contributed by atoms with Gasteiger partial charge in [0.15, 0.2) is 0 Å². The maximum atomic E-state index is 2.32. The number of hydrogen-bond acceptors (Lipinski definition) is 0. The Morgan fingerprint density at radius 1 is 1.06 bits per heavy atom. The maximum absolute atomic E-state index is 2.32. The molecule has 0 aliphatic carbocycles. The summed E-state index contributed by atoms with van der Waals surface area (Å²) in [6.07, 6.45) is 11.2. The summed E-state index contributed by atoms with van der Waals surface area (Å²) in [6, 6.07) is 9.01. The van der Waals surface area contributed by atoms with Gasteiger partial charge in [-0.15, -0.1) is 0 Å². The molecule has 0 bridgehead atoms. The SMILES string of the molecule is C/C=C\C(=C/CC)CCc1ccc(CC)cc1. The molecular formula is C17H24. The van der Waals surface area contributed by atoms with Gasteiger partial charge in [-0.3, -0.25) is 0 Å². The minimum absolute atomic E-state index is 1.12. The largest absolute Gasteiger partial charge is 0.0874 e. The van der Waals surface area contributed by atoms with E-state index in [4.69, 9.17) is 0 Å². The number of benzene rings is 1. The predicted octanol–water partition coefficient (Wildman–Crippen LogP) is 5.09. The molecule has 0 unspecified atom stereocenters. The molecule has 1 aromatic rings. The Labute approximate surface area is 106 Å². The molecule has 0 radical (unpaired) electrons. The van der Waals surface area contributed by atoms with E-state index in [1.807, 2.05) is 0 Å². The summed E-state index contributed by atoms with van der Waals surface area (Å²) in [5, 5.41) is 0. The molecular weight excluding hydrogens is 204 g/mol. The molecule has 0 N–H and O–H groups in total. The predicted molar refractivity (Wildman–Crippen MR) is 77.3 cm³/mol. The minimum Gasteiger partial charge on any atom is -0.0874 e. The standard InChI is InChI=1S/C17H24/c1-4-7-16(8-5-2)13-14-17-11-9-15(6-3)10-12-17/h4,7-12H,5-6,13-14H2,1-3H3/b7-4-,16-8+. The van der Waals surface area contributed by atoms with Crippen LogP contribution in [0.25, 0.3) is 0 Å². The lowest BCUT2D eigenvalue weighted by Gasteiger charge is -2.04. The summed E-state index contributed by atoms with van der Waals surface area (Å²) in [5.41, 5.74) is 4.31. The molecule has 0 saturated heterocycles. The lowest BCUT2D eigenvalue weighted by atomic mass is 10.0. The fourth-order valence-electron chi connectivity index (χ4n) is 1.96. The van der Waals surface area contributed by atoms with Gasteiger partial charge in [-0.2, -0.15) is 0 Å². The number of allylic oxidation sites excluding steroid dienone is 4. The maximum Gasteiger partial charge on any atom is -0.0238 e. The molecule has 92 valence electrons. The first-order valence-electron chi connectivity index (χ1n) is 6.69. The Balaban J connectivity index is 2.56. The smallest absolute Gasteiger partial charge is 0.0238 e. The second-order valence-corrected chi connectivity index (χ2v) is 4.36. The van der Waals surface area contributed by atoms with Crippen LogP contribution in [0.2, 0.25) is 0 Å². The van der Waals surface area contributed by atoms with E-state index < -0.39 is 0 Å². The summed E-state index contributed by atoms with van der Waals surface area (Å²) >= 11 is 0. The third-order valence-electron chi connectivity index (χ3n) is 2.98. The highest BCUT2D eigenvalue weighted by atomic mass is 14.0. The fraction of sp³-hybridized carbons (Fsp3) is 0.412. The van der Waals surface area contributed by atoms with Gasteiger partial charge in [-0.05, 0) is 43.7 Å². The van der Waals surface area contributed by atoms with E-state index in [9.17, 15) is 0 Å². The van der Waals surface area contributed by atoms with Gasteiger partial charge in [-0.25, -0.2) is 0 Å². The van der Waals surface area contributed by atoms with Gasteiger partial charge >= 0.3 is 0 Å². The van der Waals surface area contributed by atoms with Crippen molar-refractivity contribution < 1.29 is 0 Å². The minimum atomic E-state index is 1.12. The molecule has 0 spiro atoms. The van der Waals surface area contributed by atoms with Crippen molar-refractivity contribution in [2.24, 2.45) is 0 Å². The normalized spacial score (nSPS) is 12.3. The van der Waals surface area contributed by atoms with Gasteiger partial charge in [0.1, 0.15) is 0 Å². The van der Waals surface area contributed by atoms with E-state index in [0.717, 1.165) is 25.7 Å². The van der Waals surface area contributed by atoms with E-state index >= 15 is 0 Å². The van der Waals surface area contributed by atoms with Gasteiger partial charge in [0.25, 0.3) is 0 Å².